The molecule has 0 radical (unpaired) electrons. The molecule has 1 N–H and O–H groups in total. The van der Waals surface area contributed by atoms with Crippen molar-refractivity contribution in [1.29, 1.82) is 0 Å². The first-order chi connectivity index (χ1) is 17.5. The fraction of sp³-hybridized carbons (Fsp3) is 0.0385. The number of nitrogens with zero attached hydrogens (tertiary/aromatic N) is 6. The fourth-order valence-corrected chi connectivity index (χ4v) is 5.19. The lowest BCUT2D eigenvalue weighted by Crippen LogP contribution is -2.13. The molecule has 0 saturated carbocycles. The highest BCUT2D eigenvalue weighted by atomic mass is 32.2. The number of sulfonamides is 1. The van der Waals surface area contributed by atoms with Gasteiger partial charge in [0.2, 0.25) is 0 Å². The zero-order chi connectivity index (χ0) is 24.7. The van der Waals surface area contributed by atoms with Gasteiger partial charge < -0.3 is 0 Å². The maximum absolute atomic E-state index is 13.0. The minimum atomic E-state index is -3.77. The number of rotatable bonds is 6. The van der Waals surface area contributed by atoms with Gasteiger partial charge in [0.15, 0.2) is 0 Å². The Morgan fingerprint density at radius 3 is 2.44 bits per heavy atom. The highest BCUT2D eigenvalue weighted by molar-refractivity contribution is 7.92. The van der Waals surface area contributed by atoms with E-state index >= 15 is 0 Å². The highest BCUT2D eigenvalue weighted by Crippen LogP contribution is 2.28. The summed E-state index contributed by atoms with van der Waals surface area (Å²) in [6, 6.07) is 21.6. The number of fused-ring (bicyclic) bond motifs is 1. The maximum Gasteiger partial charge on any atom is 0.261 e. The highest BCUT2D eigenvalue weighted by Gasteiger charge is 2.16. The number of hydrogen-bond donors (Lipinski definition) is 1. The van der Waals surface area contributed by atoms with E-state index in [4.69, 9.17) is 0 Å². The maximum atomic E-state index is 13.0. The van der Waals surface area contributed by atoms with Crippen LogP contribution in [0.2, 0.25) is 0 Å². The van der Waals surface area contributed by atoms with Crippen molar-refractivity contribution in [3.05, 3.63) is 104 Å². The van der Waals surface area contributed by atoms with Crippen LogP contribution in [0.4, 0.5) is 5.69 Å². The van der Waals surface area contributed by atoms with Crippen LogP contribution < -0.4 is 4.72 Å². The lowest BCUT2D eigenvalue weighted by Gasteiger charge is -2.14. The van der Waals surface area contributed by atoms with E-state index in [0.29, 0.717) is 11.4 Å². The molecule has 3 aromatic heterocycles. The molecule has 6 aromatic rings. The minimum absolute atomic E-state index is 0.187. The summed E-state index contributed by atoms with van der Waals surface area (Å²) in [4.78, 5) is 4.79. The lowest BCUT2D eigenvalue weighted by molar-refractivity contribution is 0.601. The molecule has 0 fully saturated rings. The van der Waals surface area contributed by atoms with Gasteiger partial charge in [-0.25, -0.2) is 18.1 Å². The van der Waals surface area contributed by atoms with Crippen molar-refractivity contribution in [3.63, 3.8) is 0 Å². The van der Waals surface area contributed by atoms with Crippen LogP contribution in [0.3, 0.4) is 0 Å². The van der Waals surface area contributed by atoms with Crippen LogP contribution in [0.15, 0.2) is 109 Å². The van der Waals surface area contributed by atoms with E-state index in [1.807, 2.05) is 54.3 Å². The second kappa shape index (κ2) is 8.51. The molecule has 0 aliphatic carbocycles. The Morgan fingerprint density at radius 2 is 1.69 bits per heavy atom. The molecule has 0 spiro atoms. The van der Waals surface area contributed by atoms with E-state index in [-0.39, 0.29) is 4.90 Å². The number of aryl methyl sites for hydroxylation is 1. The molecule has 3 aromatic carbocycles. The second-order valence-corrected chi connectivity index (χ2v) is 10.0. The molecule has 178 valence electrons. The summed E-state index contributed by atoms with van der Waals surface area (Å²) < 4.78 is 34.1. The fourth-order valence-electron chi connectivity index (χ4n) is 4.13. The van der Waals surface area contributed by atoms with Crippen molar-refractivity contribution in [2.75, 3.05) is 4.72 Å². The molecule has 0 unspecified atom stereocenters. The average molecular weight is 496 g/mol. The second-order valence-electron chi connectivity index (χ2n) is 8.33. The van der Waals surface area contributed by atoms with Crippen LogP contribution >= 0.6 is 0 Å². The van der Waals surface area contributed by atoms with Crippen LogP contribution in [0.1, 0.15) is 0 Å². The Hall–Kier alpha value is -4.70. The normalized spacial score (nSPS) is 11.7. The van der Waals surface area contributed by atoms with Gasteiger partial charge in [-0.15, -0.1) is 0 Å². The largest absolute Gasteiger partial charge is 0.299 e. The van der Waals surface area contributed by atoms with E-state index in [1.165, 1.54) is 0 Å². The third kappa shape index (κ3) is 4.03. The Balaban J connectivity index is 1.45. The van der Waals surface area contributed by atoms with Crippen LogP contribution in [-0.2, 0) is 17.1 Å². The summed E-state index contributed by atoms with van der Waals surface area (Å²) in [5, 5.41) is 8.57. The standard InChI is InChI=1S/C26H21N7O2S/c1-31-17-20(16-29-31)19-8-9-26-25(12-19)27-18-32(26)22-13-21(14-23(15-22)33-11-5-10-28-33)30-36(34,35)24-6-3-2-4-7-24/h2-18,30H,1H3. The summed E-state index contributed by atoms with van der Waals surface area (Å²) in [6.45, 7) is 0. The number of hydrogen-bond acceptors (Lipinski definition) is 5. The number of imidazole rings is 1. The lowest BCUT2D eigenvalue weighted by atomic mass is 10.1. The topological polar surface area (TPSA) is 99.6 Å². The Bertz CT molecular complexity index is 1790. The number of anilines is 1. The molecule has 0 aliphatic rings. The van der Waals surface area contributed by atoms with Crippen molar-refractivity contribution in [2.45, 2.75) is 4.90 Å². The molecular weight excluding hydrogens is 474 g/mol. The third-order valence-electron chi connectivity index (χ3n) is 5.84. The molecule has 0 bridgehead atoms. The molecule has 0 amide bonds. The summed E-state index contributed by atoms with van der Waals surface area (Å²) in [6.07, 6.45) is 8.98. The van der Waals surface area contributed by atoms with Crippen LogP contribution in [0.5, 0.6) is 0 Å². The molecule has 0 atom stereocenters. The molecule has 3 heterocycles. The minimum Gasteiger partial charge on any atom is -0.299 e. The summed E-state index contributed by atoms with van der Waals surface area (Å²) in [5.41, 5.74) is 5.58. The molecule has 36 heavy (non-hydrogen) atoms. The average Bonchev–Trinajstić information content (AvgIpc) is 3.65. The molecule has 9 nitrogen and oxygen atoms in total. The van der Waals surface area contributed by atoms with E-state index < -0.39 is 10.0 Å². The molecular formula is C26H21N7O2S. The monoisotopic (exact) mass is 495 g/mol. The number of aromatic nitrogens is 6. The van der Waals surface area contributed by atoms with Crippen molar-refractivity contribution >= 4 is 26.7 Å². The van der Waals surface area contributed by atoms with Gasteiger partial charge in [-0.2, -0.15) is 10.2 Å². The van der Waals surface area contributed by atoms with Crippen LogP contribution in [-0.4, -0.2) is 37.5 Å². The van der Waals surface area contributed by atoms with Crippen molar-refractivity contribution in [1.82, 2.24) is 29.1 Å². The predicted molar refractivity (Wildman–Crippen MR) is 138 cm³/mol. The van der Waals surface area contributed by atoms with Crippen LogP contribution in [0, 0.1) is 0 Å². The van der Waals surface area contributed by atoms with Gasteiger partial charge in [0.05, 0.1) is 39.2 Å². The molecule has 10 heteroatoms. The first-order valence-corrected chi connectivity index (χ1v) is 12.6. The van der Waals surface area contributed by atoms with Gasteiger partial charge in [-0.1, -0.05) is 24.3 Å². The van der Waals surface area contributed by atoms with Crippen molar-refractivity contribution < 1.29 is 8.42 Å². The SMILES string of the molecule is Cn1cc(-c2ccc3c(c2)ncn3-c2cc(NS(=O)(=O)c3ccccc3)cc(-n3cccn3)c2)cn1. The van der Waals surface area contributed by atoms with Gasteiger partial charge in [0.1, 0.15) is 6.33 Å². The predicted octanol–water partition coefficient (Wildman–Crippen LogP) is 4.41. The first-order valence-electron chi connectivity index (χ1n) is 11.2. The first kappa shape index (κ1) is 21.8. The number of benzene rings is 3. The molecule has 6 rings (SSSR count). The van der Waals surface area contributed by atoms with Crippen molar-refractivity contribution in [2.24, 2.45) is 7.05 Å². The van der Waals surface area contributed by atoms with E-state index in [2.05, 4.69) is 19.9 Å². The van der Waals surface area contributed by atoms with Crippen LogP contribution in [0.25, 0.3) is 33.5 Å². The molecule has 0 aliphatic heterocycles. The zero-order valence-corrected chi connectivity index (χ0v) is 20.0. The van der Waals surface area contributed by atoms with Gasteiger partial charge in [0, 0.05) is 31.2 Å². The Morgan fingerprint density at radius 1 is 0.861 bits per heavy atom. The summed E-state index contributed by atoms with van der Waals surface area (Å²) >= 11 is 0. The van der Waals surface area contributed by atoms with E-state index in [1.54, 1.807) is 70.5 Å². The van der Waals surface area contributed by atoms with Crippen molar-refractivity contribution in [3.8, 4) is 22.5 Å². The van der Waals surface area contributed by atoms with Gasteiger partial charge in [-0.05, 0) is 54.1 Å². The third-order valence-corrected chi connectivity index (χ3v) is 7.24. The van der Waals surface area contributed by atoms with Gasteiger partial charge in [-0.3, -0.25) is 14.0 Å². The van der Waals surface area contributed by atoms with E-state index in [0.717, 1.165) is 27.8 Å². The summed E-state index contributed by atoms with van der Waals surface area (Å²) in [7, 11) is -1.89. The summed E-state index contributed by atoms with van der Waals surface area (Å²) in [5.74, 6) is 0. The van der Waals surface area contributed by atoms with Gasteiger partial charge >= 0.3 is 0 Å². The number of nitrogens with one attached hydrogen (secondary N) is 1. The Labute approximate surface area is 207 Å². The Kier molecular flexibility index (Phi) is 5.15. The molecule has 0 saturated heterocycles. The van der Waals surface area contributed by atoms with E-state index in [9.17, 15) is 8.42 Å². The quantitative estimate of drug-likeness (QED) is 0.369. The zero-order valence-electron chi connectivity index (χ0n) is 19.2. The van der Waals surface area contributed by atoms with Gasteiger partial charge in [0.25, 0.3) is 10.0 Å². The smallest absolute Gasteiger partial charge is 0.261 e.